The largest absolute Gasteiger partial charge is 0.497 e. The predicted molar refractivity (Wildman–Crippen MR) is 132 cm³/mol. The Morgan fingerprint density at radius 3 is 1.84 bits per heavy atom. The van der Waals surface area contributed by atoms with E-state index in [2.05, 4.69) is 29.2 Å². The van der Waals surface area contributed by atoms with Crippen molar-refractivity contribution in [2.24, 2.45) is 4.99 Å². The number of methoxy groups -OCH3 is 2. The molecule has 0 saturated heterocycles. The highest BCUT2D eigenvalue weighted by Gasteiger charge is 2.14. The van der Waals surface area contributed by atoms with Crippen molar-refractivity contribution in [3.63, 3.8) is 0 Å². The number of hydrogen-bond acceptors (Lipinski definition) is 4. The fourth-order valence-corrected chi connectivity index (χ4v) is 3.91. The molecule has 0 unspecified atom stereocenters. The highest BCUT2D eigenvalue weighted by Crippen LogP contribution is 2.28. The molecular weight excluding hydrogens is 428 g/mol. The molecule has 0 N–H and O–H groups in total. The van der Waals surface area contributed by atoms with Crippen LogP contribution in [0, 0.1) is 6.92 Å². The van der Waals surface area contributed by atoms with Crippen LogP contribution in [-0.2, 0) is 13.1 Å². The van der Waals surface area contributed by atoms with Gasteiger partial charge in [-0.25, -0.2) is 4.99 Å². The van der Waals surface area contributed by atoms with Crippen molar-refractivity contribution < 1.29 is 9.47 Å². The lowest BCUT2D eigenvalue weighted by Crippen LogP contribution is -2.27. The molecule has 0 aliphatic carbocycles. The van der Waals surface area contributed by atoms with E-state index in [1.165, 1.54) is 11.1 Å². The van der Waals surface area contributed by atoms with E-state index < -0.39 is 0 Å². The summed E-state index contributed by atoms with van der Waals surface area (Å²) in [5.74, 6) is 1.69. The third-order valence-electron chi connectivity index (χ3n) is 4.97. The molecule has 0 amide bonds. The minimum absolute atomic E-state index is 0.718. The third-order valence-corrected chi connectivity index (χ3v) is 6.10. The summed E-state index contributed by atoms with van der Waals surface area (Å²) in [5, 5.41) is 1.65. The van der Waals surface area contributed by atoms with Crippen LogP contribution >= 0.6 is 23.4 Å². The molecule has 3 rings (SSSR count). The van der Waals surface area contributed by atoms with Crippen molar-refractivity contribution in [1.82, 2.24) is 4.90 Å². The zero-order chi connectivity index (χ0) is 22.2. The highest BCUT2D eigenvalue weighted by atomic mass is 35.5. The first-order valence-corrected chi connectivity index (χ1v) is 11.5. The molecule has 0 atom stereocenters. The van der Waals surface area contributed by atoms with Crippen molar-refractivity contribution in [2.45, 2.75) is 20.0 Å². The molecule has 0 aromatic heterocycles. The number of rotatable bonds is 7. The second kappa shape index (κ2) is 11.1. The van der Waals surface area contributed by atoms with Gasteiger partial charge in [-0.15, -0.1) is 0 Å². The van der Waals surface area contributed by atoms with E-state index in [1.807, 2.05) is 55.6 Å². The van der Waals surface area contributed by atoms with Crippen molar-refractivity contribution in [2.75, 3.05) is 20.5 Å². The summed E-state index contributed by atoms with van der Waals surface area (Å²) in [6, 6.07) is 22.1. The van der Waals surface area contributed by atoms with Crippen LogP contribution in [0.4, 0.5) is 5.69 Å². The molecule has 4 nitrogen and oxygen atoms in total. The van der Waals surface area contributed by atoms with Gasteiger partial charge in [0.2, 0.25) is 0 Å². The molecule has 0 heterocycles. The molecule has 162 valence electrons. The molecule has 0 aliphatic heterocycles. The van der Waals surface area contributed by atoms with Crippen LogP contribution in [0.3, 0.4) is 0 Å². The summed E-state index contributed by atoms with van der Waals surface area (Å²) in [4.78, 5) is 7.24. The van der Waals surface area contributed by atoms with Gasteiger partial charge < -0.3 is 14.4 Å². The van der Waals surface area contributed by atoms with Crippen LogP contribution in [0.2, 0.25) is 5.02 Å². The molecule has 0 spiro atoms. The fourth-order valence-electron chi connectivity index (χ4n) is 3.16. The fraction of sp³-hybridized carbons (Fsp3) is 0.240. The maximum Gasteiger partial charge on any atom is 0.164 e. The number of thioether (sulfide) groups is 1. The van der Waals surface area contributed by atoms with E-state index >= 15 is 0 Å². The first-order chi connectivity index (χ1) is 15.0. The zero-order valence-electron chi connectivity index (χ0n) is 18.3. The average Bonchev–Trinajstić information content (AvgIpc) is 2.80. The smallest absolute Gasteiger partial charge is 0.164 e. The standard InChI is InChI=1S/C25H27ClN2O2S/c1-18-23(26)6-5-7-24(18)27-25(31-4)28(16-19-8-12-21(29-2)13-9-19)17-20-10-14-22(30-3)15-11-20/h5-15H,16-17H2,1-4H3. The Morgan fingerprint density at radius 1 is 0.871 bits per heavy atom. The molecular formula is C25H27ClN2O2S. The zero-order valence-corrected chi connectivity index (χ0v) is 19.8. The molecule has 0 bridgehead atoms. The van der Waals surface area contributed by atoms with Crippen LogP contribution in [0.5, 0.6) is 11.5 Å². The van der Waals surface area contributed by atoms with Crippen molar-refractivity contribution in [3.8, 4) is 11.5 Å². The summed E-state index contributed by atoms with van der Waals surface area (Å²) in [5.41, 5.74) is 4.22. The number of aliphatic imine (C=N–C) groups is 1. The summed E-state index contributed by atoms with van der Waals surface area (Å²) >= 11 is 7.95. The molecule has 3 aromatic carbocycles. The lowest BCUT2D eigenvalue weighted by molar-refractivity contribution is 0.405. The number of amidine groups is 1. The monoisotopic (exact) mass is 454 g/mol. The average molecular weight is 455 g/mol. The minimum Gasteiger partial charge on any atom is -0.497 e. The molecule has 0 fully saturated rings. The Balaban J connectivity index is 1.94. The van der Waals surface area contributed by atoms with Gasteiger partial charge in [0.15, 0.2) is 5.17 Å². The lowest BCUT2D eigenvalue weighted by Gasteiger charge is -2.26. The molecule has 0 saturated carbocycles. The first-order valence-electron chi connectivity index (χ1n) is 9.92. The maximum absolute atomic E-state index is 6.32. The summed E-state index contributed by atoms with van der Waals surface area (Å²) in [7, 11) is 3.35. The van der Waals surface area contributed by atoms with E-state index in [0.717, 1.165) is 46.0 Å². The predicted octanol–water partition coefficient (Wildman–Crippen LogP) is 6.72. The molecule has 3 aromatic rings. The van der Waals surface area contributed by atoms with Gasteiger partial charge in [-0.05, 0) is 66.3 Å². The van der Waals surface area contributed by atoms with Crippen molar-refractivity contribution in [1.29, 1.82) is 0 Å². The van der Waals surface area contributed by atoms with E-state index in [9.17, 15) is 0 Å². The highest BCUT2D eigenvalue weighted by molar-refractivity contribution is 8.13. The minimum atomic E-state index is 0.718. The number of ether oxygens (including phenoxy) is 2. The number of halogens is 1. The Bertz CT molecular complexity index is 971. The summed E-state index contributed by atoms with van der Waals surface area (Å²) in [6.45, 7) is 3.43. The SMILES string of the molecule is COc1ccc(CN(Cc2ccc(OC)cc2)C(=Nc2cccc(Cl)c2C)SC)cc1. The summed E-state index contributed by atoms with van der Waals surface area (Å²) in [6.07, 6.45) is 2.05. The normalized spacial score (nSPS) is 11.3. The van der Waals surface area contributed by atoms with Crippen LogP contribution < -0.4 is 9.47 Å². The topological polar surface area (TPSA) is 34.1 Å². The van der Waals surface area contributed by atoms with Gasteiger partial charge in [0.05, 0.1) is 19.9 Å². The van der Waals surface area contributed by atoms with E-state index in [1.54, 1.807) is 26.0 Å². The maximum atomic E-state index is 6.32. The summed E-state index contributed by atoms with van der Waals surface area (Å²) < 4.78 is 10.6. The van der Waals surface area contributed by atoms with Gasteiger partial charge in [-0.1, -0.05) is 53.7 Å². The van der Waals surface area contributed by atoms with Gasteiger partial charge >= 0.3 is 0 Å². The van der Waals surface area contributed by atoms with Crippen LogP contribution in [0.15, 0.2) is 71.7 Å². The van der Waals surface area contributed by atoms with Gasteiger partial charge in [0, 0.05) is 18.1 Å². The molecule has 0 aliphatic rings. The number of benzene rings is 3. The molecule has 0 radical (unpaired) electrons. The van der Waals surface area contributed by atoms with Gasteiger partial charge in [-0.3, -0.25) is 0 Å². The van der Waals surface area contributed by atoms with Crippen molar-refractivity contribution >= 4 is 34.2 Å². The Labute approximate surface area is 193 Å². The third kappa shape index (κ3) is 6.18. The quantitative estimate of drug-likeness (QED) is 0.293. The van der Waals surface area contributed by atoms with E-state index in [-0.39, 0.29) is 0 Å². The van der Waals surface area contributed by atoms with E-state index in [0.29, 0.717) is 0 Å². The number of nitrogens with zero attached hydrogens (tertiary/aromatic N) is 2. The van der Waals surface area contributed by atoms with Gasteiger partial charge in [-0.2, -0.15) is 0 Å². The van der Waals surface area contributed by atoms with Gasteiger partial charge in [0.1, 0.15) is 11.5 Å². The number of hydrogen-bond donors (Lipinski definition) is 0. The second-order valence-electron chi connectivity index (χ2n) is 7.03. The molecule has 31 heavy (non-hydrogen) atoms. The van der Waals surface area contributed by atoms with Gasteiger partial charge in [0.25, 0.3) is 0 Å². The van der Waals surface area contributed by atoms with Crippen LogP contribution in [0.1, 0.15) is 16.7 Å². The van der Waals surface area contributed by atoms with Crippen LogP contribution in [-0.4, -0.2) is 30.5 Å². The van der Waals surface area contributed by atoms with Crippen LogP contribution in [0.25, 0.3) is 0 Å². The molecule has 6 heteroatoms. The van der Waals surface area contributed by atoms with E-state index in [4.69, 9.17) is 26.1 Å². The Morgan fingerprint density at radius 2 is 1.39 bits per heavy atom. The van der Waals surface area contributed by atoms with Crippen molar-refractivity contribution in [3.05, 3.63) is 88.4 Å². The second-order valence-corrected chi connectivity index (χ2v) is 8.22. The Kier molecular flexibility index (Phi) is 8.27. The first kappa shape index (κ1) is 23.0. The Hall–Kier alpha value is -2.63. The lowest BCUT2D eigenvalue weighted by atomic mass is 10.1.